The predicted molar refractivity (Wildman–Crippen MR) is 80.0 cm³/mol. The monoisotopic (exact) mass is 274 g/mol. The molecule has 0 radical (unpaired) electrons. The zero-order valence-electron chi connectivity index (χ0n) is 12.0. The second-order valence-electron chi connectivity index (χ2n) is 5.40. The summed E-state index contributed by atoms with van der Waals surface area (Å²) in [6.45, 7) is 2.00. The molecule has 1 aliphatic carbocycles. The molecule has 1 aromatic carbocycles. The summed E-state index contributed by atoms with van der Waals surface area (Å²) >= 11 is 0. The molecule has 1 saturated carbocycles. The highest BCUT2D eigenvalue weighted by atomic mass is 16.5. The molecule has 2 rings (SSSR count). The molecule has 0 atom stereocenters. The highest BCUT2D eigenvalue weighted by molar-refractivity contribution is 5.86. The third kappa shape index (κ3) is 4.12. The number of aryl methyl sites for hydroxylation is 1. The van der Waals surface area contributed by atoms with Crippen molar-refractivity contribution in [3.05, 3.63) is 35.4 Å². The van der Waals surface area contributed by atoms with Gasteiger partial charge in [-0.15, -0.1) is 0 Å². The summed E-state index contributed by atoms with van der Waals surface area (Å²) in [6.07, 6.45) is 10.2. The van der Waals surface area contributed by atoms with Gasteiger partial charge in [0.15, 0.2) is 0 Å². The van der Waals surface area contributed by atoms with Crippen LogP contribution in [0.5, 0.6) is 5.75 Å². The molecule has 3 nitrogen and oxygen atoms in total. The Morgan fingerprint density at radius 2 is 1.95 bits per heavy atom. The first-order chi connectivity index (χ1) is 9.66. The second kappa shape index (κ2) is 7.13. The zero-order chi connectivity index (χ0) is 14.4. The van der Waals surface area contributed by atoms with Crippen molar-refractivity contribution in [1.29, 1.82) is 0 Å². The van der Waals surface area contributed by atoms with E-state index in [9.17, 15) is 4.79 Å². The van der Waals surface area contributed by atoms with Crippen LogP contribution in [-0.4, -0.2) is 17.2 Å². The smallest absolute Gasteiger partial charge is 0.328 e. The lowest BCUT2D eigenvalue weighted by molar-refractivity contribution is -0.131. The number of ether oxygens (including phenoxy) is 1. The first-order valence-electron chi connectivity index (χ1n) is 7.34. The SMILES string of the molecule is Cc1cccc(/C=C/C(=O)O)c1OC1CCCCCC1. The molecule has 0 heterocycles. The first-order valence-corrected chi connectivity index (χ1v) is 7.34. The number of para-hydroxylation sites is 1. The van der Waals surface area contributed by atoms with E-state index in [2.05, 4.69) is 0 Å². The van der Waals surface area contributed by atoms with Crippen molar-refractivity contribution in [2.24, 2.45) is 0 Å². The van der Waals surface area contributed by atoms with E-state index in [0.717, 1.165) is 35.8 Å². The fraction of sp³-hybridized carbons (Fsp3) is 0.471. The Labute approximate surface area is 120 Å². The Balaban J connectivity index is 2.18. The molecule has 20 heavy (non-hydrogen) atoms. The molecule has 3 heteroatoms. The lowest BCUT2D eigenvalue weighted by atomic mass is 10.1. The standard InChI is InChI=1S/C17H22O3/c1-13-7-6-8-14(11-12-16(18)19)17(13)20-15-9-4-2-3-5-10-15/h6-8,11-12,15H,2-5,9-10H2,1H3,(H,18,19)/b12-11+. The number of hydrogen-bond donors (Lipinski definition) is 1. The van der Waals surface area contributed by atoms with E-state index in [4.69, 9.17) is 9.84 Å². The Hall–Kier alpha value is -1.77. The lowest BCUT2D eigenvalue weighted by Gasteiger charge is -2.20. The highest BCUT2D eigenvalue weighted by Crippen LogP contribution is 2.29. The van der Waals surface area contributed by atoms with Crippen LogP contribution in [-0.2, 0) is 4.79 Å². The zero-order valence-corrected chi connectivity index (χ0v) is 12.0. The van der Waals surface area contributed by atoms with Crippen LogP contribution < -0.4 is 4.74 Å². The van der Waals surface area contributed by atoms with Crippen molar-refractivity contribution >= 4 is 12.0 Å². The molecule has 108 valence electrons. The number of aliphatic carboxylic acids is 1. The van der Waals surface area contributed by atoms with E-state index in [1.165, 1.54) is 25.7 Å². The van der Waals surface area contributed by atoms with Gasteiger partial charge >= 0.3 is 5.97 Å². The number of benzene rings is 1. The molecule has 0 spiro atoms. The van der Waals surface area contributed by atoms with E-state index < -0.39 is 5.97 Å². The molecule has 1 fully saturated rings. The van der Waals surface area contributed by atoms with Gasteiger partial charge in [0.1, 0.15) is 5.75 Å². The molecular weight excluding hydrogens is 252 g/mol. The maximum atomic E-state index is 10.7. The predicted octanol–water partition coefficient (Wildman–Crippen LogP) is 4.19. The number of rotatable bonds is 4. The van der Waals surface area contributed by atoms with Crippen molar-refractivity contribution in [1.82, 2.24) is 0 Å². The Morgan fingerprint density at radius 1 is 1.25 bits per heavy atom. The number of hydrogen-bond acceptors (Lipinski definition) is 2. The van der Waals surface area contributed by atoms with Gasteiger partial charge in [-0.3, -0.25) is 0 Å². The van der Waals surface area contributed by atoms with Gasteiger partial charge in [-0.1, -0.05) is 31.0 Å². The summed E-state index contributed by atoms with van der Waals surface area (Å²) in [5.74, 6) is -0.108. The molecule has 1 aliphatic rings. The molecule has 0 amide bonds. The summed E-state index contributed by atoms with van der Waals surface area (Å²) in [5.41, 5.74) is 1.90. The quantitative estimate of drug-likeness (QED) is 0.661. The van der Waals surface area contributed by atoms with Crippen molar-refractivity contribution in [2.75, 3.05) is 0 Å². The van der Waals surface area contributed by atoms with Gasteiger partial charge in [0, 0.05) is 11.6 Å². The van der Waals surface area contributed by atoms with Gasteiger partial charge in [-0.25, -0.2) is 4.79 Å². The van der Waals surface area contributed by atoms with Gasteiger partial charge < -0.3 is 9.84 Å². The van der Waals surface area contributed by atoms with Crippen LogP contribution in [0.1, 0.15) is 49.7 Å². The van der Waals surface area contributed by atoms with Crippen LogP contribution in [0.4, 0.5) is 0 Å². The molecule has 1 N–H and O–H groups in total. The molecule has 0 saturated heterocycles. The minimum Gasteiger partial charge on any atom is -0.490 e. The van der Waals surface area contributed by atoms with Crippen LogP contribution in [0, 0.1) is 6.92 Å². The van der Waals surface area contributed by atoms with Crippen molar-refractivity contribution in [2.45, 2.75) is 51.6 Å². The van der Waals surface area contributed by atoms with Crippen LogP contribution in [0.2, 0.25) is 0 Å². The molecular formula is C17H22O3. The summed E-state index contributed by atoms with van der Waals surface area (Å²) in [6, 6.07) is 5.83. The normalized spacial score (nSPS) is 17.1. The molecule has 0 aliphatic heterocycles. The summed E-state index contributed by atoms with van der Waals surface area (Å²) in [7, 11) is 0. The van der Waals surface area contributed by atoms with Crippen LogP contribution >= 0.6 is 0 Å². The maximum Gasteiger partial charge on any atom is 0.328 e. The van der Waals surface area contributed by atoms with E-state index in [1.807, 2.05) is 25.1 Å². The Kier molecular flexibility index (Phi) is 5.22. The number of carboxylic acids is 1. The minimum absolute atomic E-state index is 0.260. The van der Waals surface area contributed by atoms with E-state index in [0.29, 0.717) is 0 Å². The van der Waals surface area contributed by atoms with Gasteiger partial charge in [-0.05, 0) is 44.2 Å². The fourth-order valence-corrected chi connectivity index (χ4v) is 2.65. The van der Waals surface area contributed by atoms with Crippen molar-refractivity contribution in [3.63, 3.8) is 0 Å². The average Bonchev–Trinajstić information content (AvgIpc) is 2.68. The minimum atomic E-state index is -0.938. The first kappa shape index (κ1) is 14.6. The molecule has 1 aromatic rings. The summed E-state index contributed by atoms with van der Waals surface area (Å²) < 4.78 is 6.19. The Morgan fingerprint density at radius 3 is 2.60 bits per heavy atom. The molecule has 0 unspecified atom stereocenters. The van der Waals surface area contributed by atoms with Crippen molar-refractivity contribution in [3.8, 4) is 5.75 Å². The topological polar surface area (TPSA) is 46.5 Å². The lowest BCUT2D eigenvalue weighted by Crippen LogP contribution is -2.16. The second-order valence-corrected chi connectivity index (χ2v) is 5.40. The van der Waals surface area contributed by atoms with Gasteiger partial charge in [0.05, 0.1) is 6.10 Å². The average molecular weight is 274 g/mol. The van der Waals surface area contributed by atoms with Crippen LogP contribution in [0.15, 0.2) is 24.3 Å². The highest BCUT2D eigenvalue weighted by Gasteiger charge is 2.16. The molecule has 0 bridgehead atoms. The van der Waals surface area contributed by atoms with Gasteiger partial charge in [0.25, 0.3) is 0 Å². The van der Waals surface area contributed by atoms with E-state index in [1.54, 1.807) is 6.08 Å². The third-order valence-corrected chi connectivity index (χ3v) is 3.73. The number of carbonyl (C=O) groups is 1. The summed E-state index contributed by atoms with van der Waals surface area (Å²) in [5, 5.41) is 8.77. The van der Waals surface area contributed by atoms with Gasteiger partial charge in [-0.2, -0.15) is 0 Å². The maximum absolute atomic E-state index is 10.7. The van der Waals surface area contributed by atoms with E-state index >= 15 is 0 Å². The molecule has 0 aromatic heterocycles. The summed E-state index contributed by atoms with van der Waals surface area (Å²) in [4.78, 5) is 10.7. The van der Waals surface area contributed by atoms with Gasteiger partial charge in [0.2, 0.25) is 0 Å². The largest absolute Gasteiger partial charge is 0.490 e. The van der Waals surface area contributed by atoms with Crippen LogP contribution in [0.3, 0.4) is 0 Å². The fourth-order valence-electron chi connectivity index (χ4n) is 2.65. The number of carboxylic acid groups (broad SMARTS) is 1. The van der Waals surface area contributed by atoms with E-state index in [-0.39, 0.29) is 6.10 Å². The van der Waals surface area contributed by atoms with Crippen molar-refractivity contribution < 1.29 is 14.6 Å². The van der Waals surface area contributed by atoms with Crippen LogP contribution in [0.25, 0.3) is 6.08 Å². The third-order valence-electron chi connectivity index (χ3n) is 3.73. The Bertz CT molecular complexity index is 483.